The van der Waals surface area contributed by atoms with Crippen LogP contribution in [-0.2, 0) is 0 Å². The van der Waals surface area contributed by atoms with Gasteiger partial charge in [0.25, 0.3) is 0 Å². The van der Waals surface area contributed by atoms with Crippen LogP contribution in [0.5, 0.6) is 5.75 Å². The number of ether oxygens (including phenoxy) is 1. The molecule has 1 fully saturated rings. The molecule has 140 valence electrons. The number of hydrogen-bond acceptors (Lipinski definition) is 1. The van der Waals surface area contributed by atoms with E-state index in [1.54, 1.807) is 0 Å². The lowest BCUT2D eigenvalue weighted by Crippen LogP contribution is -2.13. The van der Waals surface area contributed by atoms with Gasteiger partial charge in [0, 0.05) is 6.08 Å². The lowest BCUT2D eigenvalue weighted by Gasteiger charge is -2.29. The highest BCUT2D eigenvalue weighted by molar-refractivity contribution is 5.29. The summed E-state index contributed by atoms with van der Waals surface area (Å²) in [7, 11) is 0. The number of alkyl halides is 3. The highest BCUT2D eigenvalue weighted by Crippen LogP contribution is 2.38. The third-order valence-electron chi connectivity index (χ3n) is 5.07. The minimum absolute atomic E-state index is 0.0677. The van der Waals surface area contributed by atoms with Gasteiger partial charge in [-0.25, -0.2) is 0 Å². The summed E-state index contributed by atoms with van der Waals surface area (Å²) in [6, 6.07) is 7.85. The zero-order chi connectivity index (χ0) is 18.1. The van der Waals surface area contributed by atoms with Gasteiger partial charge in [0.1, 0.15) is 12.4 Å². The van der Waals surface area contributed by atoms with Crippen molar-refractivity contribution in [1.29, 1.82) is 0 Å². The molecule has 1 nitrogen and oxygen atoms in total. The van der Waals surface area contributed by atoms with Crippen LogP contribution in [0.15, 0.2) is 36.4 Å². The largest absolute Gasteiger partial charge is 0.490 e. The minimum atomic E-state index is -4.28. The second kappa shape index (κ2) is 9.88. The minimum Gasteiger partial charge on any atom is -0.490 e. The zero-order valence-corrected chi connectivity index (χ0v) is 15.0. The summed E-state index contributed by atoms with van der Waals surface area (Å²) in [5.41, 5.74) is 1.32. The Bertz CT molecular complexity index is 511. The summed E-state index contributed by atoms with van der Waals surface area (Å²) in [5, 5.41) is 0. The molecule has 0 saturated heterocycles. The first kappa shape index (κ1) is 19.9. The van der Waals surface area contributed by atoms with E-state index in [-0.39, 0.29) is 12.7 Å². The normalized spacial score (nSPS) is 21.6. The summed E-state index contributed by atoms with van der Waals surface area (Å²) in [5.74, 6) is 2.12. The first-order valence-electron chi connectivity index (χ1n) is 9.45. The maximum absolute atomic E-state index is 12.0. The van der Waals surface area contributed by atoms with Crippen LogP contribution in [0.4, 0.5) is 13.2 Å². The Morgan fingerprint density at radius 1 is 1.04 bits per heavy atom. The lowest BCUT2D eigenvalue weighted by molar-refractivity contribution is -0.0801. The van der Waals surface area contributed by atoms with Crippen molar-refractivity contribution in [2.24, 2.45) is 5.92 Å². The van der Waals surface area contributed by atoms with E-state index in [4.69, 9.17) is 4.74 Å². The molecule has 0 aromatic heterocycles. The van der Waals surface area contributed by atoms with Gasteiger partial charge in [0.05, 0.1) is 0 Å². The monoisotopic (exact) mass is 354 g/mol. The van der Waals surface area contributed by atoms with Crippen molar-refractivity contribution in [1.82, 2.24) is 0 Å². The van der Waals surface area contributed by atoms with E-state index >= 15 is 0 Å². The molecule has 0 spiro atoms. The fraction of sp³-hybridized carbons (Fsp3) is 0.619. The highest BCUT2D eigenvalue weighted by Gasteiger charge is 2.22. The highest BCUT2D eigenvalue weighted by atomic mass is 19.4. The summed E-state index contributed by atoms with van der Waals surface area (Å²) < 4.78 is 41.4. The molecular formula is C21H29F3O. The Hall–Kier alpha value is -1.45. The van der Waals surface area contributed by atoms with Crippen molar-refractivity contribution in [3.63, 3.8) is 0 Å². The fourth-order valence-corrected chi connectivity index (χ4v) is 3.63. The van der Waals surface area contributed by atoms with Crippen LogP contribution in [0.25, 0.3) is 0 Å². The van der Waals surface area contributed by atoms with Crippen molar-refractivity contribution in [3.8, 4) is 5.75 Å². The van der Waals surface area contributed by atoms with E-state index in [0.717, 1.165) is 12.0 Å². The van der Waals surface area contributed by atoms with Crippen molar-refractivity contribution in [2.45, 2.75) is 70.4 Å². The topological polar surface area (TPSA) is 9.23 Å². The van der Waals surface area contributed by atoms with Gasteiger partial charge in [-0.3, -0.25) is 0 Å². The molecule has 1 aromatic carbocycles. The predicted molar refractivity (Wildman–Crippen MR) is 96.0 cm³/mol. The zero-order valence-electron chi connectivity index (χ0n) is 15.0. The predicted octanol–water partition coefficient (Wildman–Crippen LogP) is 7.04. The molecule has 1 saturated carbocycles. The smallest absolute Gasteiger partial charge is 0.409 e. The summed E-state index contributed by atoms with van der Waals surface area (Å²) >= 11 is 0. The first-order valence-corrected chi connectivity index (χ1v) is 9.45. The lowest BCUT2D eigenvalue weighted by atomic mass is 9.77. The number of halogens is 3. The molecule has 1 aliphatic carbocycles. The summed E-state index contributed by atoms with van der Waals surface area (Å²) in [4.78, 5) is 0. The van der Waals surface area contributed by atoms with Crippen molar-refractivity contribution < 1.29 is 17.9 Å². The molecule has 1 aliphatic rings. The van der Waals surface area contributed by atoms with Gasteiger partial charge in [0.2, 0.25) is 0 Å². The van der Waals surface area contributed by atoms with Gasteiger partial charge in [-0.2, -0.15) is 13.2 Å². The Balaban J connectivity index is 1.74. The van der Waals surface area contributed by atoms with Crippen LogP contribution in [0.1, 0.15) is 69.8 Å². The Kier molecular flexibility index (Phi) is 7.86. The van der Waals surface area contributed by atoms with Crippen molar-refractivity contribution >= 4 is 0 Å². The van der Waals surface area contributed by atoms with Crippen molar-refractivity contribution in [2.75, 3.05) is 6.61 Å². The van der Waals surface area contributed by atoms with E-state index in [2.05, 4.69) is 19.1 Å². The van der Waals surface area contributed by atoms with E-state index in [1.165, 1.54) is 56.9 Å². The molecule has 0 unspecified atom stereocenters. The van der Waals surface area contributed by atoms with Gasteiger partial charge >= 0.3 is 6.18 Å². The fourth-order valence-electron chi connectivity index (χ4n) is 3.63. The first-order chi connectivity index (χ1) is 12.0. The third kappa shape index (κ3) is 7.54. The quantitative estimate of drug-likeness (QED) is 0.359. The van der Waals surface area contributed by atoms with Crippen LogP contribution in [0.3, 0.4) is 0 Å². The molecule has 0 amide bonds. The maximum atomic E-state index is 12.0. The Labute approximate surface area is 149 Å². The number of unbranched alkanes of at least 4 members (excludes halogenated alkanes) is 2. The SMILES string of the molecule is CCCCCC1CCC(c2ccc(OC/C=C/C(F)(F)F)cc2)CC1. The van der Waals surface area contributed by atoms with Gasteiger partial charge < -0.3 is 4.74 Å². The van der Waals surface area contributed by atoms with E-state index in [0.29, 0.717) is 11.7 Å². The average Bonchev–Trinajstić information content (AvgIpc) is 2.59. The van der Waals surface area contributed by atoms with E-state index in [9.17, 15) is 13.2 Å². The summed E-state index contributed by atoms with van der Waals surface area (Å²) in [6.45, 7) is 2.18. The maximum Gasteiger partial charge on any atom is 0.409 e. The number of allylic oxidation sites excluding steroid dienone is 1. The second-order valence-electron chi connectivity index (χ2n) is 7.04. The molecule has 25 heavy (non-hydrogen) atoms. The van der Waals surface area contributed by atoms with Gasteiger partial charge in [0.15, 0.2) is 0 Å². The molecular weight excluding hydrogens is 325 g/mol. The summed E-state index contributed by atoms with van der Waals surface area (Å²) in [6.07, 6.45) is 7.41. The standard InChI is InChI=1S/C21H29F3O/c1-2-3-4-6-17-7-9-18(10-8-17)19-11-13-20(14-12-19)25-16-5-15-21(22,23)24/h5,11-15,17-18H,2-4,6-10,16H2,1H3/b15-5+. The molecule has 4 heteroatoms. The number of hydrogen-bond donors (Lipinski definition) is 0. The van der Waals surface area contributed by atoms with Gasteiger partial charge in [-0.05, 0) is 61.3 Å². The van der Waals surface area contributed by atoms with Crippen LogP contribution < -0.4 is 4.74 Å². The Morgan fingerprint density at radius 2 is 1.72 bits per heavy atom. The average molecular weight is 354 g/mol. The van der Waals surface area contributed by atoms with Gasteiger partial charge in [-0.15, -0.1) is 0 Å². The number of benzene rings is 1. The van der Waals surface area contributed by atoms with Gasteiger partial charge in [-0.1, -0.05) is 44.7 Å². The van der Waals surface area contributed by atoms with E-state index in [1.807, 2.05) is 12.1 Å². The molecule has 0 heterocycles. The molecule has 1 aromatic rings. The second-order valence-corrected chi connectivity index (χ2v) is 7.04. The molecule has 2 rings (SSSR count). The van der Waals surface area contributed by atoms with E-state index < -0.39 is 6.18 Å². The molecule has 0 aliphatic heterocycles. The third-order valence-corrected chi connectivity index (χ3v) is 5.07. The molecule has 0 N–H and O–H groups in total. The van der Waals surface area contributed by atoms with Crippen LogP contribution in [0.2, 0.25) is 0 Å². The molecule has 0 atom stereocenters. The molecule has 0 bridgehead atoms. The van der Waals surface area contributed by atoms with Crippen LogP contribution in [0, 0.1) is 5.92 Å². The Morgan fingerprint density at radius 3 is 2.32 bits per heavy atom. The van der Waals surface area contributed by atoms with Crippen LogP contribution >= 0.6 is 0 Å². The number of rotatable bonds is 8. The van der Waals surface area contributed by atoms with Crippen molar-refractivity contribution in [3.05, 3.63) is 42.0 Å². The molecule has 0 radical (unpaired) electrons. The van der Waals surface area contributed by atoms with Crippen LogP contribution in [-0.4, -0.2) is 12.8 Å².